The molecule has 1 heterocycles. The predicted octanol–water partition coefficient (Wildman–Crippen LogP) is 5.09. The number of rotatable bonds is 6. The molecule has 1 aliphatic heterocycles. The third-order valence-electron chi connectivity index (χ3n) is 3.52. The van der Waals surface area contributed by atoms with E-state index in [2.05, 4.69) is 4.99 Å². The SMILES string of the molecule is CC/C=C\C(F)=C(\CC1=NC(c2ccccc2)CO1)C(C)F. The zero-order valence-electron chi connectivity index (χ0n) is 12.9. The van der Waals surface area contributed by atoms with Crippen molar-refractivity contribution in [1.82, 2.24) is 0 Å². The van der Waals surface area contributed by atoms with Crippen LogP contribution in [0.15, 0.2) is 58.9 Å². The molecule has 4 heteroatoms. The van der Waals surface area contributed by atoms with Crippen molar-refractivity contribution in [2.75, 3.05) is 6.61 Å². The molecule has 0 saturated heterocycles. The fourth-order valence-electron chi connectivity index (χ4n) is 2.27. The van der Waals surface area contributed by atoms with E-state index in [0.29, 0.717) is 18.9 Å². The summed E-state index contributed by atoms with van der Waals surface area (Å²) in [5, 5.41) is 0. The molecule has 2 rings (SSSR count). The summed E-state index contributed by atoms with van der Waals surface area (Å²) in [6, 6.07) is 9.66. The van der Waals surface area contributed by atoms with Crippen molar-refractivity contribution in [3.63, 3.8) is 0 Å². The van der Waals surface area contributed by atoms with E-state index in [4.69, 9.17) is 4.74 Å². The molecule has 0 N–H and O–H groups in total. The molecular formula is C18H21F2NO. The summed E-state index contributed by atoms with van der Waals surface area (Å²) in [6.45, 7) is 3.65. The summed E-state index contributed by atoms with van der Waals surface area (Å²) in [5.41, 5.74) is 1.12. The minimum absolute atomic E-state index is 0.0703. The van der Waals surface area contributed by atoms with Crippen LogP contribution in [0.5, 0.6) is 0 Å². The largest absolute Gasteiger partial charge is 0.478 e. The first-order valence-electron chi connectivity index (χ1n) is 7.55. The molecule has 2 atom stereocenters. The molecule has 0 spiro atoms. The number of nitrogens with zero attached hydrogens (tertiary/aromatic N) is 1. The highest BCUT2D eigenvalue weighted by molar-refractivity contribution is 5.80. The lowest BCUT2D eigenvalue weighted by Crippen LogP contribution is -2.08. The van der Waals surface area contributed by atoms with Crippen LogP contribution in [0.3, 0.4) is 0 Å². The predicted molar refractivity (Wildman–Crippen MR) is 85.3 cm³/mol. The van der Waals surface area contributed by atoms with Gasteiger partial charge in [0.15, 0.2) is 5.90 Å². The van der Waals surface area contributed by atoms with Gasteiger partial charge in [-0.3, -0.25) is 0 Å². The normalized spacial score (nSPS) is 20.5. The van der Waals surface area contributed by atoms with Gasteiger partial charge in [-0.05, 0) is 25.0 Å². The van der Waals surface area contributed by atoms with Gasteiger partial charge >= 0.3 is 0 Å². The summed E-state index contributed by atoms with van der Waals surface area (Å²) in [6.07, 6.45) is 2.39. The standard InChI is InChI=1S/C18H21F2NO/c1-3-4-10-16(20)15(13(2)19)11-18-21-17(12-22-18)14-8-6-5-7-9-14/h4-10,13,17H,3,11-12H2,1-2H3/b10-4-,16-15+. The van der Waals surface area contributed by atoms with E-state index in [-0.39, 0.29) is 18.0 Å². The summed E-state index contributed by atoms with van der Waals surface area (Å²) >= 11 is 0. The molecule has 0 aromatic heterocycles. The van der Waals surface area contributed by atoms with Crippen LogP contribution in [-0.4, -0.2) is 18.7 Å². The van der Waals surface area contributed by atoms with E-state index in [0.717, 1.165) is 5.56 Å². The monoisotopic (exact) mass is 305 g/mol. The molecule has 1 aliphatic rings. The molecule has 0 radical (unpaired) electrons. The van der Waals surface area contributed by atoms with Gasteiger partial charge in [-0.1, -0.05) is 43.3 Å². The second-order valence-electron chi connectivity index (χ2n) is 5.24. The third-order valence-corrected chi connectivity index (χ3v) is 3.52. The Labute approximate surface area is 130 Å². The minimum atomic E-state index is -1.37. The molecule has 22 heavy (non-hydrogen) atoms. The Bertz CT molecular complexity index is 576. The minimum Gasteiger partial charge on any atom is -0.478 e. The quantitative estimate of drug-likeness (QED) is 0.670. The van der Waals surface area contributed by atoms with Crippen LogP contribution in [0, 0.1) is 0 Å². The lowest BCUT2D eigenvalue weighted by Gasteiger charge is -2.09. The van der Waals surface area contributed by atoms with Gasteiger partial charge in [0, 0.05) is 5.57 Å². The second-order valence-corrected chi connectivity index (χ2v) is 5.24. The van der Waals surface area contributed by atoms with E-state index in [1.165, 1.54) is 13.0 Å². The number of hydrogen-bond donors (Lipinski definition) is 0. The Morgan fingerprint density at radius 3 is 2.77 bits per heavy atom. The van der Waals surface area contributed by atoms with E-state index in [9.17, 15) is 8.78 Å². The molecule has 0 bridgehead atoms. The number of halogens is 2. The van der Waals surface area contributed by atoms with Crippen molar-refractivity contribution >= 4 is 5.90 Å². The number of hydrogen-bond acceptors (Lipinski definition) is 2. The number of ether oxygens (including phenoxy) is 1. The molecule has 0 amide bonds. The van der Waals surface area contributed by atoms with Gasteiger partial charge in [-0.15, -0.1) is 0 Å². The molecule has 1 aromatic carbocycles. The van der Waals surface area contributed by atoms with Crippen LogP contribution < -0.4 is 0 Å². The average Bonchev–Trinajstić information content (AvgIpc) is 2.99. The molecule has 1 aromatic rings. The second kappa shape index (κ2) is 7.87. The van der Waals surface area contributed by atoms with Crippen LogP contribution in [0.2, 0.25) is 0 Å². The fourth-order valence-corrected chi connectivity index (χ4v) is 2.27. The summed E-state index contributed by atoms with van der Waals surface area (Å²) in [5.74, 6) is -0.139. The molecule has 2 unspecified atom stereocenters. The highest BCUT2D eigenvalue weighted by atomic mass is 19.1. The van der Waals surface area contributed by atoms with E-state index < -0.39 is 12.0 Å². The summed E-state index contributed by atoms with van der Waals surface area (Å²) in [7, 11) is 0. The van der Waals surface area contributed by atoms with Gasteiger partial charge < -0.3 is 4.74 Å². The van der Waals surface area contributed by atoms with Gasteiger partial charge in [-0.25, -0.2) is 13.8 Å². The van der Waals surface area contributed by atoms with Gasteiger partial charge in [0.05, 0.1) is 6.42 Å². The number of alkyl halides is 1. The Morgan fingerprint density at radius 2 is 2.14 bits per heavy atom. The third kappa shape index (κ3) is 4.26. The maximum atomic E-state index is 14.0. The van der Waals surface area contributed by atoms with Gasteiger partial charge in [0.25, 0.3) is 0 Å². The summed E-state index contributed by atoms with van der Waals surface area (Å²) < 4.78 is 33.2. The topological polar surface area (TPSA) is 21.6 Å². The van der Waals surface area contributed by atoms with E-state index in [1.807, 2.05) is 37.3 Å². The van der Waals surface area contributed by atoms with Crippen LogP contribution in [0.25, 0.3) is 0 Å². The van der Waals surface area contributed by atoms with Crippen molar-refractivity contribution in [2.45, 2.75) is 38.9 Å². The van der Waals surface area contributed by atoms with Gasteiger partial charge in [0.2, 0.25) is 0 Å². The Hall–Kier alpha value is -1.97. The summed E-state index contributed by atoms with van der Waals surface area (Å²) in [4.78, 5) is 4.45. The molecule has 0 fully saturated rings. The highest BCUT2D eigenvalue weighted by Crippen LogP contribution is 2.27. The van der Waals surface area contributed by atoms with Gasteiger partial charge in [0.1, 0.15) is 24.6 Å². The maximum absolute atomic E-state index is 14.0. The number of aliphatic imine (C=N–C) groups is 1. The Balaban J connectivity index is 2.13. The zero-order valence-corrected chi connectivity index (χ0v) is 12.9. The first-order valence-corrected chi connectivity index (χ1v) is 7.55. The molecule has 0 aliphatic carbocycles. The lowest BCUT2D eigenvalue weighted by atomic mass is 10.1. The first-order chi connectivity index (χ1) is 10.6. The molecule has 2 nitrogen and oxygen atoms in total. The van der Waals surface area contributed by atoms with Crippen LogP contribution in [0.4, 0.5) is 8.78 Å². The fraction of sp³-hybridized carbons (Fsp3) is 0.389. The maximum Gasteiger partial charge on any atom is 0.188 e. The van der Waals surface area contributed by atoms with Crippen molar-refractivity contribution < 1.29 is 13.5 Å². The molecule has 118 valence electrons. The van der Waals surface area contributed by atoms with Crippen LogP contribution >= 0.6 is 0 Å². The van der Waals surface area contributed by atoms with Crippen molar-refractivity contribution in [3.05, 3.63) is 59.4 Å². The van der Waals surface area contributed by atoms with Gasteiger partial charge in [-0.2, -0.15) is 0 Å². The number of benzene rings is 1. The Kier molecular flexibility index (Phi) is 5.87. The lowest BCUT2D eigenvalue weighted by molar-refractivity contribution is 0.310. The smallest absolute Gasteiger partial charge is 0.188 e. The molecular weight excluding hydrogens is 284 g/mol. The van der Waals surface area contributed by atoms with Crippen LogP contribution in [-0.2, 0) is 4.74 Å². The number of allylic oxidation sites excluding steroid dienone is 3. The van der Waals surface area contributed by atoms with E-state index in [1.54, 1.807) is 6.08 Å². The van der Waals surface area contributed by atoms with Crippen molar-refractivity contribution in [1.29, 1.82) is 0 Å². The van der Waals surface area contributed by atoms with E-state index >= 15 is 0 Å². The molecule has 0 saturated carbocycles. The highest BCUT2D eigenvalue weighted by Gasteiger charge is 2.23. The zero-order chi connectivity index (χ0) is 15.9. The average molecular weight is 305 g/mol. The van der Waals surface area contributed by atoms with Crippen molar-refractivity contribution in [3.8, 4) is 0 Å². The van der Waals surface area contributed by atoms with Crippen LogP contribution in [0.1, 0.15) is 38.3 Å². The van der Waals surface area contributed by atoms with Crippen molar-refractivity contribution in [2.24, 2.45) is 4.99 Å². The first kappa shape index (κ1) is 16.4. The Morgan fingerprint density at radius 1 is 1.41 bits per heavy atom.